The topological polar surface area (TPSA) is 73.3 Å². The lowest BCUT2D eigenvalue weighted by Crippen LogP contribution is -2.53. The molecular formula is C17H15BrN4O3S. The van der Waals surface area contributed by atoms with Gasteiger partial charge in [0.2, 0.25) is 0 Å². The number of nitrogens with zero attached hydrogens (tertiary/aromatic N) is 4. The standard InChI is InChI=1S/C17H15BrN4O3S/c1-20(2)17-21(16(23)11-7-3-5-9-13(11)18)19-15-12-8-4-6-10-14(12)26(24,25)22(15)17/h3-10,17H,1-2H3. The minimum Gasteiger partial charge on any atom is -0.270 e. The molecule has 0 aromatic heterocycles. The molecule has 0 fully saturated rings. The van der Waals surface area contributed by atoms with E-state index in [4.69, 9.17) is 0 Å². The van der Waals surface area contributed by atoms with E-state index in [9.17, 15) is 13.2 Å². The van der Waals surface area contributed by atoms with E-state index in [0.717, 1.165) is 0 Å². The maximum atomic E-state index is 13.1. The van der Waals surface area contributed by atoms with Crippen molar-refractivity contribution in [2.45, 2.75) is 11.2 Å². The van der Waals surface area contributed by atoms with Crippen LogP contribution >= 0.6 is 15.9 Å². The van der Waals surface area contributed by atoms with Crippen LogP contribution in [0.3, 0.4) is 0 Å². The molecule has 2 aliphatic rings. The zero-order chi connectivity index (χ0) is 18.6. The van der Waals surface area contributed by atoms with Gasteiger partial charge in [-0.05, 0) is 54.3 Å². The predicted octanol–water partition coefficient (Wildman–Crippen LogP) is 2.12. The van der Waals surface area contributed by atoms with Crippen LogP contribution in [-0.2, 0) is 10.0 Å². The molecule has 0 saturated carbocycles. The number of rotatable bonds is 2. The lowest BCUT2D eigenvalue weighted by atomic mass is 10.2. The average molecular weight is 435 g/mol. The number of benzene rings is 2. The summed E-state index contributed by atoms with van der Waals surface area (Å²) >= 11 is 3.37. The zero-order valence-corrected chi connectivity index (χ0v) is 16.4. The molecule has 4 rings (SSSR count). The first-order chi connectivity index (χ1) is 12.3. The molecule has 134 valence electrons. The van der Waals surface area contributed by atoms with E-state index in [0.29, 0.717) is 15.6 Å². The van der Waals surface area contributed by atoms with E-state index in [1.165, 1.54) is 9.31 Å². The van der Waals surface area contributed by atoms with Gasteiger partial charge in [0.1, 0.15) is 0 Å². The van der Waals surface area contributed by atoms with Gasteiger partial charge in [0.25, 0.3) is 15.9 Å². The van der Waals surface area contributed by atoms with Crippen LogP contribution in [0.4, 0.5) is 0 Å². The summed E-state index contributed by atoms with van der Waals surface area (Å²) in [7, 11) is -0.360. The van der Waals surface area contributed by atoms with Crippen LogP contribution in [0.5, 0.6) is 0 Å². The fraction of sp³-hybridized carbons (Fsp3) is 0.176. The van der Waals surface area contributed by atoms with Gasteiger partial charge >= 0.3 is 0 Å². The first-order valence-corrected chi connectivity index (χ1v) is 10.0. The van der Waals surface area contributed by atoms with Crippen molar-refractivity contribution in [2.24, 2.45) is 5.10 Å². The summed E-state index contributed by atoms with van der Waals surface area (Å²) in [6.45, 7) is 0. The quantitative estimate of drug-likeness (QED) is 0.725. The summed E-state index contributed by atoms with van der Waals surface area (Å²) < 4.78 is 27.9. The molecule has 0 saturated heterocycles. The van der Waals surface area contributed by atoms with E-state index in [1.807, 2.05) is 0 Å². The molecule has 0 aliphatic carbocycles. The second-order valence-electron chi connectivity index (χ2n) is 6.16. The number of amidine groups is 1. The van der Waals surface area contributed by atoms with Crippen LogP contribution in [0.15, 0.2) is 63.0 Å². The van der Waals surface area contributed by atoms with Crippen molar-refractivity contribution in [3.8, 4) is 0 Å². The summed E-state index contributed by atoms with van der Waals surface area (Å²) in [6.07, 6.45) is -0.873. The van der Waals surface area contributed by atoms with E-state index in [1.54, 1.807) is 67.5 Å². The average Bonchev–Trinajstić information content (AvgIpc) is 3.11. The van der Waals surface area contributed by atoms with Crippen molar-refractivity contribution < 1.29 is 13.2 Å². The number of hydrazone groups is 1. The molecule has 0 radical (unpaired) electrons. The normalized spacial score (nSPS) is 20.2. The lowest BCUT2D eigenvalue weighted by Gasteiger charge is -2.32. The maximum absolute atomic E-state index is 13.1. The Morgan fingerprint density at radius 1 is 1.12 bits per heavy atom. The van der Waals surface area contributed by atoms with Crippen LogP contribution in [0.25, 0.3) is 0 Å². The van der Waals surface area contributed by atoms with E-state index in [-0.39, 0.29) is 16.6 Å². The molecule has 26 heavy (non-hydrogen) atoms. The van der Waals surface area contributed by atoms with Gasteiger partial charge in [0.15, 0.2) is 12.1 Å². The number of fused-ring (bicyclic) bond motifs is 3. The van der Waals surface area contributed by atoms with Gasteiger partial charge in [-0.2, -0.15) is 5.01 Å². The summed E-state index contributed by atoms with van der Waals surface area (Å²) in [4.78, 5) is 14.9. The Balaban J connectivity index is 1.88. The van der Waals surface area contributed by atoms with Gasteiger partial charge in [0, 0.05) is 10.0 Å². The third-order valence-electron chi connectivity index (χ3n) is 4.28. The van der Waals surface area contributed by atoms with Gasteiger partial charge in [-0.3, -0.25) is 9.69 Å². The van der Waals surface area contributed by atoms with Crippen molar-refractivity contribution in [3.05, 3.63) is 64.1 Å². The lowest BCUT2D eigenvalue weighted by molar-refractivity contribution is 0.0340. The van der Waals surface area contributed by atoms with Crippen molar-refractivity contribution in [2.75, 3.05) is 14.1 Å². The first-order valence-electron chi connectivity index (χ1n) is 7.81. The van der Waals surface area contributed by atoms with Crippen molar-refractivity contribution in [3.63, 3.8) is 0 Å². The molecule has 9 heteroatoms. The third-order valence-corrected chi connectivity index (χ3v) is 6.76. The molecule has 1 amide bonds. The molecule has 0 N–H and O–H groups in total. The molecule has 1 atom stereocenters. The Morgan fingerprint density at radius 2 is 1.77 bits per heavy atom. The van der Waals surface area contributed by atoms with Crippen LogP contribution in [0.2, 0.25) is 0 Å². The summed E-state index contributed by atoms with van der Waals surface area (Å²) in [5, 5.41) is 5.60. The number of carbonyl (C=O) groups excluding carboxylic acids is 1. The Labute approximate surface area is 159 Å². The number of sulfonamides is 1. The summed E-state index contributed by atoms with van der Waals surface area (Å²) in [6, 6.07) is 13.7. The van der Waals surface area contributed by atoms with Crippen molar-refractivity contribution in [1.82, 2.24) is 14.2 Å². The number of halogens is 1. The van der Waals surface area contributed by atoms with E-state index >= 15 is 0 Å². The Hall–Kier alpha value is -2.23. The van der Waals surface area contributed by atoms with Gasteiger partial charge in [-0.25, -0.2) is 12.7 Å². The second kappa shape index (κ2) is 5.90. The highest BCUT2D eigenvalue weighted by atomic mass is 79.9. The summed E-state index contributed by atoms with van der Waals surface area (Å²) in [5.41, 5.74) is 0.914. The molecule has 2 aromatic rings. The Bertz CT molecular complexity index is 1050. The molecule has 2 heterocycles. The highest BCUT2D eigenvalue weighted by molar-refractivity contribution is 9.10. The molecule has 0 spiro atoms. The fourth-order valence-corrected chi connectivity index (χ4v) is 5.38. The van der Waals surface area contributed by atoms with E-state index < -0.39 is 16.3 Å². The Morgan fingerprint density at radius 3 is 2.46 bits per heavy atom. The van der Waals surface area contributed by atoms with Crippen LogP contribution < -0.4 is 0 Å². The smallest absolute Gasteiger partial charge is 0.270 e. The number of carbonyl (C=O) groups is 1. The minimum atomic E-state index is -3.78. The zero-order valence-electron chi connectivity index (χ0n) is 14.0. The number of amides is 1. The highest BCUT2D eigenvalue weighted by Crippen LogP contribution is 2.38. The molecule has 2 aliphatic heterocycles. The SMILES string of the molecule is CN(C)C1N(C(=O)c2ccccc2Br)N=C2c3ccccc3S(=O)(=O)N21. The van der Waals surface area contributed by atoms with Gasteiger partial charge in [0.05, 0.1) is 10.5 Å². The van der Waals surface area contributed by atoms with Crippen molar-refractivity contribution >= 4 is 37.7 Å². The highest BCUT2D eigenvalue weighted by Gasteiger charge is 2.52. The van der Waals surface area contributed by atoms with Crippen molar-refractivity contribution in [1.29, 1.82) is 0 Å². The first kappa shape index (κ1) is 17.2. The fourth-order valence-electron chi connectivity index (χ4n) is 3.14. The van der Waals surface area contributed by atoms with Crippen LogP contribution in [0, 0.1) is 0 Å². The largest absolute Gasteiger partial charge is 0.278 e. The monoisotopic (exact) mass is 434 g/mol. The summed E-state index contributed by atoms with van der Waals surface area (Å²) in [5.74, 6) is -0.120. The van der Waals surface area contributed by atoms with E-state index in [2.05, 4.69) is 21.0 Å². The predicted molar refractivity (Wildman–Crippen MR) is 99.8 cm³/mol. The molecule has 0 bridgehead atoms. The third kappa shape index (κ3) is 2.31. The second-order valence-corrected chi connectivity index (χ2v) is 8.80. The minimum absolute atomic E-state index is 0.207. The maximum Gasteiger partial charge on any atom is 0.278 e. The molecule has 7 nitrogen and oxygen atoms in total. The number of hydrogen-bond acceptors (Lipinski definition) is 5. The van der Waals surface area contributed by atoms with Gasteiger partial charge in [-0.15, -0.1) is 5.10 Å². The molecule has 2 aromatic carbocycles. The van der Waals surface area contributed by atoms with Gasteiger partial charge < -0.3 is 0 Å². The van der Waals surface area contributed by atoms with Crippen LogP contribution in [-0.4, -0.2) is 54.8 Å². The Kier molecular flexibility index (Phi) is 3.90. The van der Waals surface area contributed by atoms with Gasteiger partial charge in [-0.1, -0.05) is 24.3 Å². The van der Waals surface area contributed by atoms with Crippen LogP contribution in [0.1, 0.15) is 15.9 Å². The molecular weight excluding hydrogens is 420 g/mol. The number of hydrogen-bond donors (Lipinski definition) is 0. The molecule has 1 unspecified atom stereocenters.